The Morgan fingerprint density at radius 2 is 1.79 bits per heavy atom. The van der Waals surface area contributed by atoms with Gasteiger partial charge in [-0.3, -0.25) is 15.0 Å². The summed E-state index contributed by atoms with van der Waals surface area (Å²) in [5.74, 6) is -0.449. The van der Waals surface area contributed by atoms with Gasteiger partial charge in [0.15, 0.2) is 0 Å². The van der Waals surface area contributed by atoms with Gasteiger partial charge in [0.2, 0.25) is 21.8 Å². The molecule has 8 nitrogen and oxygen atoms in total. The molecule has 0 atom stereocenters. The highest BCUT2D eigenvalue weighted by Gasteiger charge is 2.29. The van der Waals surface area contributed by atoms with E-state index in [-0.39, 0.29) is 41.7 Å². The molecule has 1 saturated heterocycles. The topological polar surface area (TPSA) is 95.8 Å². The summed E-state index contributed by atoms with van der Waals surface area (Å²) < 4.78 is 44.8. The molecule has 0 saturated carbocycles. The zero-order valence-corrected chi connectivity index (χ0v) is 17.5. The van der Waals surface area contributed by atoms with Crippen molar-refractivity contribution in [2.24, 2.45) is 0 Å². The second-order valence-corrected chi connectivity index (χ2v) is 9.95. The molecule has 0 aliphatic carbocycles. The summed E-state index contributed by atoms with van der Waals surface area (Å²) in [5, 5.41) is 6.64. The number of aromatic nitrogens is 1. The van der Waals surface area contributed by atoms with Gasteiger partial charge in [-0.05, 0) is 24.3 Å². The molecule has 158 valence electrons. The van der Waals surface area contributed by atoms with Crippen LogP contribution in [-0.4, -0.2) is 61.4 Å². The molecule has 0 spiro atoms. The van der Waals surface area contributed by atoms with Gasteiger partial charge < -0.3 is 4.52 Å². The number of halogens is 1. The van der Waals surface area contributed by atoms with Crippen LogP contribution < -0.4 is 5.32 Å². The average Bonchev–Trinajstić information content (AvgIpc) is 3.11. The Morgan fingerprint density at radius 3 is 2.34 bits per heavy atom. The molecule has 0 unspecified atom stereocenters. The fraction of sp³-hybridized carbons (Fsp3) is 0.474. The van der Waals surface area contributed by atoms with Gasteiger partial charge in [-0.25, -0.2) is 12.8 Å². The van der Waals surface area contributed by atoms with Crippen LogP contribution in [0.25, 0.3) is 0 Å². The van der Waals surface area contributed by atoms with Crippen molar-refractivity contribution >= 4 is 21.8 Å². The van der Waals surface area contributed by atoms with E-state index in [0.29, 0.717) is 13.1 Å². The number of benzene rings is 1. The molecule has 0 radical (unpaired) electrons. The Morgan fingerprint density at radius 1 is 1.17 bits per heavy atom. The zero-order chi connectivity index (χ0) is 21.2. The number of carbonyl (C=O) groups is 1. The van der Waals surface area contributed by atoms with Gasteiger partial charge in [0, 0.05) is 37.7 Å². The fourth-order valence-corrected chi connectivity index (χ4v) is 4.37. The maximum absolute atomic E-state index is 13.0. The van der Waals surface area contributed by atoms with Gasteiger partial charge in [-0.15, -0.1) is 0 Å². The Hall–Kier alpha value is -2.30. The molecule has 1 aromatic carbocycles. The Labute approximate surface area is 169 Å². The molecule has 1 amide bonds. The van der Waals surface area contributed by atoms with E-state index in [9.17, 15) is 17.6 Å². The van der Waals surface area contributed by atoms with Crippen molar-refractivity contribution in [1.82, 2.24) is 14.4 Å². The van der Waals surface area contributed by atoms with Crippen LogP contribution in [0.1, 0.15) is 26.5 Å². The second kappa shape index (κ2) is 8.21. The predicted octanol–water partition coefficient (Wildman–Crippen LogP) is 2.06. The predicted molar refractivity (Wildman–Crippen MR) is 105 cm³/mol. The van der Waals surface area contributed by atoms with Gasteiger partial charge in [0.1, 0.15) is 5.82 Å². The lowest BCUT2D eigenvalue weighted by Gasteiger charge is -2.33. The quantitative estimate of drug-likeness (QED) is 0.789. The summed E-state index contributed by atoms with van der Waals surface area (Å²) in [4.78, 5) is 14.2. The minimum absolute atomic E-state index is 0.0602. The van der Waals surface area contributed by atoms with Gasteiger partial charge in [-0.2, -0.15) is 4.31 Å². The normalized spacial score (nSPS) is 16.7. The smallest absolute Gasteiger partial charge is 0.243 e. The third-order valence-electron chi connectivity index (χ3n) is 4.69. The molecule has 2 heterocycles. The molecule has 10 heteroatoms. The summed E-state index contributed by atoms with van der Waals surface area (Å²) in [7, 11) is -3.67. The third kappa shape index (κ3) is 5.20. The van der Waals surface area contributed by atoms with E-state index in [2.05, 4.69) is 10.5 Å². The first-order valence-electron chi connectivity index (χ1n) is 9.31. The van der Waals surface area contributed by atoms with Crippen molar-refractivity contribution in [1.29, 1.82) is 0 Å². The van der Waals surface area contributed by atoms with Gasteiger partial charge in [0.25, 0.3) is 0 Å². The number of nitrogens with zero attached hydrogens (tertiary/aromatic N) is 3. The number of sulfonamides is 1. The number of piperazine rings is 1. The maximum Gasteiger partial charge on any atom is 0.243 e. The fourth-order valence-electron chi connectivity index (χ4n) is 2.95. The average molecular weight is 424 g/mol. The molecule has 1 N–H and O–H groups in total. The maximum atomic E-state index is 13.0. The third-order valence-corrected chi connectivity index (χ3v) is 6.60. The number of nitrogens with one attached hydrogen (secondary N) is 1. The minimum Gasteiger partial charge on any atom is -0.338 e. The first-order valence-corrected chi connectivity index (χ1v) is 10.7. The first-order chi connectivity index (χ1) is 13.6. The SMILES string of the molecule is CC(C)(C)c1cc(NC(=O)CN2CCN(S(=O)(=O)c3ccc(F)cc3)CC2)on1. The summed E-state index contributed by atoms with van der Waals surface area (Å²) in [5.41, 5.74) is 0.561. The Bertz CT molecular complexity index is 959. The van der Waals surface area contributed by atoms with Crippen LogP contribution >= 0.6 is 0 Å². The monoisotopic (exact) mass is 424 g/mol. The summed E-state index contributed by atoms with van der Waals surface area (Å²) in [6, 6.07) is 6.47. The molecule has 1 aliphatic heterocycles. The highest BCUT2D eigenvalue weighted by molar-refractivity contribution is 7.89. The van der Waals surface area contributed by atoms with Gasteiger partial charge in [0.05, 0.1) is 17.1 Å². The molecular weight excluding hydrogens is 399 g/mol. The van der Waals surface area contributed by atoms with Crippen LogP contribution in [0.15, 0.2) is 39.8 Å². The van der Waals surface area contributed by atoms with E-state index in [1.807, 2.05) is 25.7 Å². The molecule has 1 aromatic heterocycles. The van der Waals surface area contributed by atoms with E-state index in [4.69, 9.17) is 4.52 Å². The van der Waals surface area contributed by atoms with E-state index in [0.717, 1.165) is 17.8 Å². The number of carbonyl (C=O) groups excluding carboxylic acids is 1. The highest BCUT2D eigenvalue weighted by Crippen LogP contribution is 2.23. The van der Waals surface area contributed by atoms with Crippen molar-refractivity contribution in [2.45, 2.75) is 31.1 Å². The number of hydrogen-bond donors (Lipinski definition) is 1. The summed E-state index contributed by atoms with van der Waals surface area (Å²) >= 11 is 0. The van der Waals surface area contributed by atoms with Crippen molar-refractivity contribution in [2.75, 3.05) is 38.0 Å². The van der Waals surface area contributed by atoms with E-state index in [1.54, 1.807) is 6.07 Å². The van der Waals surface area contributed by atoms with Crippen molar-refractivity contribution < 1.29 is 22.1 Å². The lowest BCUT2D eigenvalue weighted by atomic mass is 9.92. The largest absolute Gasteiger partial charge is 0.338 e. The minimum atomic E-state index is -3.67. The van der Waals surface area contributed by atoms with Crippen molar-refractivity contribution in [3.63, 3.8) is 0 Å². The number of amides is 1. The summed E-state index contributed by atoms with van der Waals surface area (Å²) in [6.45, 7) is 7.44. The Kier molecular flexibility index (Phi) is 6.06. The molecular formula is C19H25FN4O4S. The molecule has 0 bridgehead atoms. The standard InChI is InChI=1S/C19H25FN4O4S/c1-19(2,3)16-12-18(28-22-16)21-17(25)13-23-8-10-24(11-9-23)29(26,27)15-6-4-14(20)5-7-15/h4-7,12H,8-11,13H2,1-3H3,(H,21,25). The molecule has 1 fully saturated rings. The van der Waals surface area contributed by atoms with Gasteiger partial charge >= 0.3 is 0 Å². The van der Waals surface area contributed by atoms with Crippen LogP contribution in [0.3, 0.4) is 0 Å². The second-order valence-electron chi connectivity index (χ2n) is 8.01. The summed E-state index contributed by atoms with van der Waals surface area (Å²) in [6.07, 6.45) is 0. The van der Waals surface area contributed by atoms with Crippen molar-refractivity contribution in [3.05, 3.63) is 41.8 Å². The van der Waals surface area contributed by atoms with Crippen LogP contribution in [0.4, 0.5) is 10.3 Å². The van der Waals surface area contributed by atoms with Crippen LogP contribution in [0.5, 0.6) is 0 Å². The van der Waals surface area contributed by atoms with E-state index < -0.39 is 15.8 Å². The van der Waals surface area contributed by atoms with E-state index in [1.165, 1.54) is 16.4 Å². The molecule has 29 heavy (non-hydrogen) atoms. The molecule has 1 aliphatic rings. The zero-order valence-electron chi connectivity index (χ0n) is 16.7. The first kappa shape index (κ1) is 21.4. The lowest BCUT2D eigenvalue weighted by Crippen LogP contribution is -2.50. The van der Waals surface area contributed by atoms with Gasteiger partial charge in [-0.1, -0.05) is 25.9 Å². The highest BCUT2D eigenvalue weighted by atomic mass is 32.2. The van der Waals surface area contributed by atoms with Crippen LogP contribution in [0.2, 0.25) is 0 Å². The van der Waals surface area contributed by atoms with Crippen LogP contribution in [0, 0.1) is 5.82 Å². The van der Waals surface area contributed by atoms with E-state index >= 15 is 0 Å². The Balaban J connectivity index is 1.52. The number of rotatable bonds is 5. The lowest BCUT2D eigenvalue weighted by molar-refractivity contribution is -0.117. The number of anilines is 1. The number of hydrogen-bond acceptors (Lipinski definition) is 6. The van der Waals surface area contributed by atoms with Crippen molar-refractivity contribution in [3.8, 4) is 0 Å². The van der Waals surface area contributed by atoms with Crippen LogP contribution in [-0.2, 0) is 20.2 Å². The molecule has 2 aromatic rings. The molecule has 3 rings (SSSR count).